The lowest BCUT2D eigenvalue weighted by Crippen LogP contribution is -2.48. The normalized spacial score (nSPS) is 12.1. The van der Waals surface area contributed by atoms with E-state index in [1.165, 1.54) is 0 Å². The maximum atomic E-state index is 12.1. The van der Waals surface area contributed by atoms with Gasteiger partial charge in [-0.2, -0.15) is 13.2 Å². The van der Waals surface area contributed by atoms with Crippen molar-refractivity contribution in [3.63, 3.8) is 0 Å². The molecule has 0 unspecified atom stereocenters. The number of aliphatic carboxylic acids is 1. The standard InChI is InChI=1S/C11H19F3N2O3/c1-4-10(5-2,8(17)18)6-15-9(19)16(3)7-11(12,13)14/h4-7H2,1-3H3,(H,15,19)(H,17,18). The Hall–Kier alpha value is -1.47. The molecule has 0 fully saturated rings. The molecule has 0 aliphatic heterocycles. The summed E-state index contributed by atoms with van der Waals surface area (Å²) in [4.78, 5) is 23.1. The minimum Gasteiger partial charge on any atom is -0.481 e. The minimum atomic E-state index is -4.48. The van der Waals surface area contributed by atoms with Crippen LogP contribution in [0.15, 0.2) is 0 Å². The Bertz CT molecular complexity index is 328. The Labute approximate surface area is 109 Å². The fraction of sp³-hybridized carbons (Fsp3) is 0.818. The van der Waals surface area contributed by atoms with Crippen molar-refractivity contribution in [3.05, 3.63) is 0 Å². The summed E-state index contributed by atoms with van der Waals surface area (Å²) < 4.78 is 36.3. The van der Waals surface area contributed by atoms with E-state index in [1.807, 2.05) is 0 Å². The lowest BCUT2D eigenvalue weighted by molar-refractivity contribution is -0.149. The molecule has 0 heterocycles. The van der Waals surface area contributed by atoms with E-state index in [2.05, 4.69) is 5.32 Å². The van der Waals surface area contributed by atoms with E-state index < -0.39 is 30.1 Å². The van der Waals surface area contributed by atoms with Crippen molar-refractivity contribution in [2.75, 3.05) is 20.1 Å². The second kappa shape index (κ2) is 6.63. The first-order valence-corrected chi connectivity index (χ1v) is 5.87. The summed E-state index contributed by atoms with van der Waals surface area (Å²) in [6.45, 7) is 1.74. The number of carboxylic acids is 1. The lowest BCUT2D eigenvalue weighted by Gasteiger charge is -2.28. The van der Waals surface area contributed by atoms with E-state index in [0.717, 1.165) is 7.05 Å². The Morgan fingerprint density at radius 2 is 1.68 bits per heavy atom. The SMILES string of the molecule is CCC(CC)(CNC(=O)N(C)CC(F)(F)F)C(=O)O. The Kier molecular flexibility index (Phi) is 6.11. The fourth-order valence-electron chi connectivity index (χ4n) is 1.60. The van der Waals surface area contributed by atoms with Gasteiger partial charge in [0.05, 0.1) is 5.41 Å². The minimum absolute atomic E-state index is 0.198. The van der Waals surface area contributed by atoms with Crippen molar-refractivity contribution >= 4 is 12.0 Å². The van der Waals surface area contributed by atoms with Gasteiger partial charge in [-0.1, -0.05) is 13.8 Å². The second-order valence-corrected chi connectivity index (χ2v) is 4.42. The first-order valence-electron chi connectivity index (χ1n) is 5.87. The lowest BCUT2D eigenvalue weighted by atomic mass is 9.82. The van der Waals surface area contributed by atoms with Crippen LogP contribution >= 0.6 is 0 Å². The predicted molar refractivity (Wildman–Crippen MR) is 62.7 cm³/mol. The summed E-state index contributed by atoms with van der Waals surface area (Å²) in [6, 6.07) is -0.940. The molecule has 8 heteroatoms. The molecule has 19 heavy (non-hydrogen) atoms. The highest BCUT2D eigenvalue weighted by Gasteiger charge is 2.36. The van der Waals surface area contributed by atoms with Gasteiger partial charge >= 0.3 is 18.2 Å². The highest BCUT2D eigenvalue weighted by molar-refractivity contribution is 5.78. The predicted octanol–water partition coefficient (Wildman–Crippen LogP) is 2.08. The molecular formula is C11H19F3N2O3. The smallest absolute Gasteiger partial charge is 0.406 e. The number of amides is 2. The first kappa shape index (κ1) is 17.5. The molecule has 5 nitrogen and oxygen atoms in total. The molecular weight excluding hydrogens is 265 g/mol. The van der Waals surface area contributed by atoms with Crippen LogP contribution in [0.2, 0.25) is 0 Å². The summed E-state index contributed by atoms with van der Waals surface area (Å²) in [5.41, 5.74) is -1.14. The summed E-state index contributed by atoms with van der Waals surface area (Å²) in [7, 11) is 1.00. The average molecular weight is 284 g/mol. The van der Waals surface area contributed by atoms with Crippen LogP contribution in [-0.2, 0) is 4.79 Å². The maximum Gasteiger partial charge on any atom is 0.406 e. The molecule has 0 aromatic carbocycles. The van der Waals surface area contributed by atoms with Crippen molar-refractivity contribution in [2.24, 2.45) is 5.41 Å². The van der Waals surface area contributed by atoms with Gasteiger partial charge in [0.15, 0.2) is 0 Å². The van der Waals surface area contributed by atoms with Crippen molar-refractivity contribution in [1.82, 2.24) is 10.2 Å². The largest absolute Gasteiger partial charge is 0.481 e. The van der Waals surface area contributed by atoms with Crippen LogP contribution in [0.4, 0.5) is 18.0 Å². The van der Waals surface area contributed by atoms with Crippen LogP contribution in [0.5, 0.6) is 0 Å². The number of rotatable bonds is 6. The number of carboxylic acid groups (broad SMARTS) is 1. The molecule has 112 valence electrons. The van der Waals surface area contributed by atoms with E-state index in [0.29, 0.717) is 4.90 Å². The Morgan fingerprint density at radius 3 is 2.00 bits per heavy atom. The number of carbonyl (C=O) groups is 2. The number of hydrogen-bond acceptors (Lipinski definition) is 2. The fourth-order valence-corrected chi connectivity index (χ4v) is 1.60. The molecule has 0 aromatic heterocycles. The van der Waals surface area contributed by atoms with Crippen LogP contribution in [0.1, 0.15) is 26.7 Å². The monoisotopic (exact) mass is 284 g/mol. The molecule has 2 N–H and O–H groups in total. The van der Waals surface area contributed by atoms with Crippen molar-refractivity contribution in [1.29, 1.82) is 0 Å². The third-order valence-corrected chi connectivity index (χ3v) is 3.15. The maximum absolute atomic E-state index is 12.1. The number of hydrogen-bond donors (Lipinski definition) is 2. The van der Waals surface area contributed by atoms with Crippen LogP contribution in [0.3, 0.4) is 0 Å². The van der Waals surface area contributed by atoms with Gasteiger partial charge in [-0.3, -0.25) is 4.79 Å². The number of halogens is 3. The van der Waals surface area contributed by atoms with Crippen molar-refractivity contribution in [3.8, 4) is 0 Å². The molecule has 0 radical (unpaired) electrons. The molecule has 0 saturated carbocycles. The van der Waals surface area contributed by atoms with Crippen LogP contribution in [-0.4, -0.2) is 48.3 Å². The van der Waals surface area contributed by atoms with E-state index in [1.54, 1.807) is 13.8 Å². The highest BCUT2D eigenvalue weighted by Crippen LogP contribution is 2.25. The van der Waals surface area contributed by atoms with Crippen LogP contribution in [0, 0.1) is 5.41 Å². The van der Waals surface area contributed by atoms with E-state index in [9.17, 15) is 22.8 Å². The number of alkyl halides is 3. The van der Waals surface area contributed by atoms with Crippen LogP contribution < -0.4 is 5.32 Å². The van der Waals surface area contributed by atoms with Gasteiger partial charge in [-0.25, -0.2) is 4.79 Å². The third kappa shape index (κ3) is 5.35. The average Bonchev–Trinajstić information content (AvgIpc) is 2.28. The first-order chi connectivity index (χ1) is 8.58. The van der Waals surface area contributed by atoms with Gasteiger partial charge in [-0.15, -0.1) is 0 Å². The topological polar surface area (TPSA) is 69.6 Å². The van der Waals surface area contributed by atoms with Gasteiger partial charge in [0.1, 0.15) is 6.54 Å². The molecule has 2 amide bonds. The molecule has 0 saturated heterocycles. The van der Waals surface area contributed by atoms with E-state index in [4.69, 9.17) is 5.11 Å². The zero-order valence-electron chi connectivity index (χ0n) is 11.2. The van der Waals surface area contributed by atoms with Gasteiger partial charge in [-0.05, 0) is 12.8 Å². The van der Waals surface area contributed by atoms with Gasteiger partial charge in [0.25, 0.3) is 0 Å². The van der Waals surface area contributed by atoms with Crippen molar-refractivity contribution in [2.45, 2.75) is 32.9 Å². The summed E-state index contributed by atoms with van der Waals surface area (Å²) in [5.74, 6) is -1.07. The van der Waals surface area contributed by atoms with Gasteiger partial charge in [0.2, 0.25) is 0 Å². The molecule has 0 atom stereocenters. The van der Waals surface area contributed by atoms with E-state index >= 15 is 0 Å². The van der Waals surface area contributed by atoms with Gasteiger partial charge < -0.3 is 15.3 Å². The summed E-state index contributed by atoms with van der Waals surface area (Å²) >= 11 is 0. The number of urea groups is 1. The highest BCUT2D eigenvalue weighted by atomic mass is 19.4. The molecule has 0 spiro atoms. The van der Waals surface area contributed by atoms with Gasteiger partial charge in [0, 0.05) is 13.6 Å². The zero-order chi connectivity index (χ0) is 15.3. The number of nitrogens with one attached hydrogen (secondary N) is 1. The van der Waals surface area contributed by atoms with Crippen molar-refractivity contribution < 1.29 is 27.9 Å². The molecule has 0 aromatic rings. The zero-order valence-corrected chi connectivity index (χ0v) is 11.2. The van der Waals surface area contributed by atoms with E-state index in [-0.39, 0.29) is 19.4 Å². The second-order valence-electron chi connectivity index (χ2n) is 4.42. The molecule has 0 bridgehead atoms. The quantitative estimate of drug-likeness (QED) is 0.784. The summed E-state index contributed by atoms with van der Waals surface area (Å²) in [5, 5.41) is 11.4. The molecule has 0 aliphatic carbocycles. The van der Waals surface area contributed by atoms with Crippen LogP contribution in [0.25, 0.3) is 0 Å². The Balaban J connectivity index is 4.54. The summed E-state index contributed by atoms with van der Waals surface area (Å²) in [6.07, 6.45) is -3.92. The Morgan fingerprint density at radius 1 is 1.21 bits per heavy atom. The number of nitrogens with zero attached hydrogens (tertiary/aromatic N) is 1. The third-order valence-electron chi connectivity index (χ3n) is 3.15. The molecule has 0 rings (SSSR count). The number of carbonyl (C=O) groups excluding carboxylic acids is 1. The molecule has 0 aliphatic rings.